The van der Waals surface area contributed by atoms with E-state index in [2.05, 4.69) is 5.32 Å². The van der Waals surface area contributed by atoms with Crippen LogP contribution in [0.15, 0.2) is 54.6 Å². The molecule has 26 heavy (non-hydrogen) atoms. The molecule has 0 radical (unpaired) electrons. The molecule has 3 aromatic rings. The minimum Gasteiger partial charge on any atom is -0.478 e. The predicted octanol–water partition coefficient (Wildman–Crippen LogP) is 3.45. The molecule has 0 aliphatic rings. The zero-order valence-electron chi connectivity index (χ0n) is 14.0. The first kappa shape index (κ1) is 17.2. The van der Waals surface area contributed by atoms with Gasteiger partial charge in [0.2, 0.25) is 5.91 Å². The number of carboxylic acid groups (broad SMARTS) is 1. The lowest BCUT2D eigenvalue weighted by atomic mass is 9.96. The predicted molar refractivity (Wildman–Crippen MR) is 102 cm³/mol. The number of hydrogen-bond donors (Lipinski definition) is 4. The van der Waals surface area contributed by atoms with Crippen LogP contribution in [0.1, 0.15) is 22.8 Å². The fraction of sp³-hybridized carbons (Fsp3) is 0.0500. The van der Waals surface area contributed by atoms with Crippen LogP contribution in [-0.2, 0) is 4.79 Å². The summed E-state index contributed by atoms with van der Waals surface area (Å²) in [6.07, 6.45) is 0. The van der Waals surface area contributed by atoms with Crippen molar-refractivity contribution in [1.29, 1.82) is 5.41 Å². The lowest BCUT2D eigenvalue weighted by molar-refractivity contribution is -0.114. The van der Waals surface area contributed by atoms with Gasteiger partial charge in [-0.1, -0.05) is 24.3 Å². The van der Waals surface area contributed by atoms with Crippen LogP contribution >= 0.6 is 0 Å². The molecule has 0 aromatic heterocycles. The molecule has 6 nitrogen and oxygen atoms in total. The summed E-state index contributed by atoms with van der Waals surface area (Å²) < 4.78 is 0. The molecule has 6 heteroatoms. The van der Waals surface area contributed by atoms with Crippen molar-refractivity contribution >= 4 is 34.2 Å². The molecule has 0 saturated carbocycles. The van der Waals surface area contributed by atoms with Gasteiger partial charge in [-0.05, 0) is 52.2 Å². The third kappa shape index (κ3) is 3.39. The van der Waals surface area contributed by atoms with Gasteiger partial charge in [0.1, 0.15) is 5.84 Å². The Balaban J connectivity index is 2.14. The molecule has 0 fully saturated rings. The second-order valence-electron chi connectivity index (χ2n) is 5.94. The number of nitrogen functional groups attached to an aromatic ring is 1. The maximum absolute atomic E-state index is 11.6. The number of carbonyl (C=O) groups is 2. The summed E-state index contributed by atoms with van der Waals surface area (Å²) >= 11 is 0. The molecular weight excluding hydrogens is 330 g/mol. The van der Waals surface area contributed by atoms with Crippen molar-refractivity contribution in [3.63, 3.8) is 0 Å². The maximum Gasteiger partial charge on any atom is 0.336 e. The van der Waals surface area contributed by atoms with E-state index < -0.39 is 5.97 Å². The Morgan fingerprint density at radius 3 is 2.35 bits per heavy atom. The van der Waals surface area contributed by atoms with Gasteiger partial charge in [-0.2, -0.15) is 0 Å². The van der Waals surface area contributed by atoms with Crippen LogP contribution in [0.25, 0.3) is 21.9 Å². The molecule has 0 atom stereocenters. The highest BCUT2D eigenvalue weighted by molar-refractivity contribution is 6.02. The Morgan fingerprint density at radius 2 is 1.69 bits per heavy atom. The minimum absolute atomic E-state index is 0.00727. The number of amidine groups is 1. The van der Waals surface area contributed by atoms with Crippen LogP contribution in [0.5, 0.6) is 0 Å². The molecule has 130 valence electrons. The van der Waals surface area contributed by atoms with Gasteiger partial charge in [0.15, 0.2) is 0 Å². The number of amides is 1. The van der Waals surface area contributed by atoms with E-state index in [0.717, 1.165) is 16.3 Å². The van der Waals surface area contributed by atoms with E-state index in [4.69, 9.17) is 11.1 Å². The lowest BCUT2D eigenvalue weighted by Gasteiger charge is -2.11. The third-order valence-corrected chi connectivity index (χ3v) is 4.03. The van der Waals surface area contributed by atoms with Gasteiger partial charge in [0.05, 0.1) is 5.56 Å². The number of rotatable bonds is 4. The highest BCUT2D eigenvalue weighted by atomic mass is 16.4. The van der Waals surface area contributed by atoms with Crippen molar-refractivity contribution in [2.24, 2.45) is 5.73 Å². The number of nitrogens with one attached hydrogen (secondary N) is 2. The average molecular weight is 347 g/mol. The first-order chi connectivity index (χ1) is 12.3. The fourth-order valence-electron chi connectivity index (χ4n) is 2.83. The minimum atomic E-state index is -1.04. The molecule has 0 spiro atoms. The van der Waals surface area contributed by atoms with Gasteiger partial charge in [-0.15, -0.1) is 0 Å². The monoisotopic (exact) mass is 347 g/mol. The lowest BCUT2D eigenvalue weighted by Crippen LogP contribution is -2.10. The van der Waals surface area contributed by atoms with E-state index in [1.54, 1.807) is 18.2 Å². The molecule has 0 aliphatic heterocycles. The molecule has 0 bridgehead atoms. The van der Waals surface area contributed by atoms with Crippen molar-refractivity contribution in [1.82, 2.24) is 0 Å². The van der Waals surface area contributed by atoms with Crippen LogP contribution in [0.2, 0.25) is 0 Å². The van der Waals surface area contributed by atoms with Crippen LogP contribution in [0.3, 0.4) is 0 Å². The Bertz CT molecular complexity index is 1060. The zero-order chi connectivity index (χ0) is 18.8. The number of fused-ring (bicyclic) bond motifs is 1. The second kappa shape index (κ2) is 6.68. The molecule has 0 aliphatic carbocycles. The molecule has 3 aromatic carbocycles. The van der Waals surface area contributed by atoms with E-state index in [0.29, 0.717) is 16.8 Å². The maximum atomic E-state index is 11.6. The number of benzene rings is 3. The number of carbonyl (C=O) groups excluding carboxylic acids is 1. The van der Waals surface area contributed by atoms with E-state index >= 15 is 0 Å². The second-order valence-corrected chi connectivity index (χ2v) is 5.94. The van der Waals surface area contributed by atoms with E-state index in [-0.39, 0.29) is 17.3 Å². The smallest absolute Gasteiger partial charge is 0.336 e. The molecule has 0 heterocycles. The quantitative estimate of drug-likeness (QED) is 0.427. The van der Waals surface area contributed by atoms with Gasteiger partial charge < -0.3 is 16.2 Å². The summed E-state index contributed by atoms with van der Waals surface area (Å²) in [5.74, 6) is -1.28. The summed E-state index contributed by atoms with van der Waals surface area (Å²) in [5, 5.41) is 21.5. The number of nitrogens with two attached hydrogens (primary N) is 1. The molecule has 0 unspecified atom stereocenters. The van der Waals surface area contributed by atoms with Crippen LogP contribution in [-0.4, -0.2) is 22.8 Å². The Kier molecular flexibility index (Phi) is 4.41. The topological polar surface area (TPSA) is 116 Å². The van der Waals surface area contributed by atoms with Gasteiger partial charge in [-0.3, -0.25) is 10.2 Å². The Morgan fingerprint density at radius 1 is 1.00 bits per heavy atom. The van der Waals surface area contributed by atoms with Crippen molar-refractivity contribution < 1.29 is 14.7 Å². The highest BCUT2D eigenvalue weighted by Gasteiger charge is 2.13. The van der Waals surface area contributed by atoms with Gasteiger partial charge >= 0.3 is 5.97 Å². The molecule has 3 rings (SSSR count). The third-order valence-electron chi connectivity index (χ3n) is 4.03. The fourth-order valence-corrected chi connectivity index (χ4v) is 2.83. The van der Waals surface area contributed by atoms with Gasteiger partial charge in [0, 0.05) is 18.2 Å². The summed E-state index contributed by atoms with van der Waals surface area (Å²) in [6.45, 7) is 1.40. The SMILES string of the molecule is CC(=O)Nc1ccc(C(=O)O)c(-c2ccc3cc(C(=N)N)ccc3c2)c1. The number of hydrogen-bond acceptors (Lipinski definition) is 3. The van der Waals surface area contributed by atoms with Crippen molar-refractivity contribution in [2.75, 3.05) is 5.32 Å². The van der Waals surface area contributed by atoms with E-state index in [1.165, 1.54) is 13.0 Å². The molecule has 5 N–H and O–H groups in total. The van der Waals surface area contributed by atoms with Crippen LogP contribution in [0, 0.1) is 5.41 Å². The van der Waals surface area contributed by atoms with Crippen LogP contribution in [0.4, 0.5) is 5.69 Å². The molecular formula is C20H17N3O3. The summed E-state index contributed by atoms with van der Waals surface area (Å²) in [5.41, 5.74) is 8.07. The first-order valence-electron chi connectivity index (χ1n) is 7.88. The largest absolute Gasteiger partial charge is 0.478 e. The van der Waals surface area contributed by atoms with Crippen molar-refractivity contribution in [3.8, 4) is 11.1 Å². The standard InChI is InChI=1S/C20H17N3O3/c1-11(24)23-16-6-7-17(20(25)26)18(10-16)14-4-2-13-9-15(19(21)22)5-3-12(13)8-14/h2-10H,1H3,(H3,21,22)(H,23,24)(H,25,26). The molecule has 0 saturated heterocycles. The normalized spacial score (nSPS) is 10.5. The molecule has 1 amide bonds. The Hall–Kier alpha value is -3.67. The Labute approximate surface area is 149 Å². The van der Waals surface area contributed by atoms with Crippen molar-refractivity contribution in [2.45, 2.75) is 6.92 Å². The summed E-state index contributed by atoms with van der Waals surface area (Å²) in [6, 6.07) is 15.6. The highest BCUT2D eigenvalue weighted by Crippen LogP contribution is 2.30. The van der Waals surface area contributed by atoms with Crippen molar-refractivity contribution in [3.05, 3.63) is 65.7 Å². The summed E-state index contributed by atoms with van der Waals surface area (Å²) in [7, 11) is 0. The van der Waals surface area contributed by atoms with Gasteiger partial charge in [0.25, 0.3) is 0 Å². The number of anilines is 1. The summed E-state index contributed by atoms with van der Waals surface area (Å²) in [4.78, 5) is 22.9. The van der Waals surface area contributed by atoms with Crippen LogP contribution < -0.4 is 11.1 Å². The number of aromatic carboxylic acids is 1. The zero-order valence-corrected chi connectivity index (χ0v) is 14.0. The average Bonchev–Trinajstić information content (AvgIpc) is 2.60. The van der Waals surface area contributed by atoms with E-state index in [1.807, 2.05) is 30.3 Å². The van der Waals surface area contributed by atoms with E-state index in [9.17, 15) is 14.7 Å². The first-order valence-corrected chi connectivity index (χ1v) is 7.88. The van der Waals surface area contributed by atoms with Gasteiger partial charge in [-0.25, -0.2) is 4.79 Å². The number of carboxylic acids is 1.